The molecule has 1 rings (SSSR count). The minimum absolute atomic E-state index is 0.235. The molecule has 0 bridgehead atoms. The summed E-state index contributed by atoms with van der Waals surface area (Å²) < 4.78 is 41.7. The number of rotatable bonds is 2. The van der Waals surface area contributed by atoms with Gasteiger partial charge in [-0.2, -0.15) is 13.2 Å². The Hall–Kier alpha value is -2.19. The van der Waals surface area contributed by atoms with Crippen LogP contribution in [0.15, 0.2) is 12.3 Å². The predicted molar refractivity (Wildman–Crippen MR) is 47.2 cm³/mol. The molecule has 92 valence electrons. The zero-order chi connectivity index (χ0) is 13.2. The fraction of sp³-hybridized carbons (Fsp3) is 0.250. The number of nitrogens with zero attached hydrogens (tertiary/aromatic N) is 2. The Kier molecular flexibility index (Phi) is 3.30. The number of carbonyl (C=O) groups excluding carboxylic acids is 1. The molecule has 0 radical (unpaired) electrons. The molecule has 0 spiro atoms. The van der Waals surface area contributed by atoms with Gasteiger partial charge in [0, 0.05) is 6.07 Å². The molecule has 0 aliphatic heterocycles. The number of esters is 1. The second-order valence-electron chi connectivity index (χ2n) is 2.84. The summed E-state index contributed by atoms with van der Waals surface area (Å²) in [6.45, 7) is 0. The molecule has 0 aromatic carbocycles. The number of hydrogen-bond donors (Lipinski definition) is 0. The molecule has 6 nitrogen and oxygen atoms in total. The molecule has 0 saturated heterocycles. The van der Waals surface area contributed by atoms with Gasteiger partial charge in [0.05, 0.1) is 17.6 Å². The lowest BCUT2D eigenvalue weighted by atomic mass is 10.1. The van der Waals surface area contributed by atoms with Crippen LogP contribution < -0.4 is 0 Å². The highest BCUT2D eigenvalue weighted by Crippen LogP contribution is 2.33. The SMILES string of the molecule is COC(=O)c1ncc([N+](=O)[O-])cc1C(F)(F)F. The number of aromatic nitrogens is 1. The van der Waals surface area contributed by atoms with E-state index in [9.17, 15) is 28.1 Å². The Morgan fingerprint density at radius 1 is 1.53 bits per heavy atom. The Bertz CT molecular complexity index is 472. The van der Waals surface area contributed by atoms with Crippen LogP contribution in [0, 0.1) is 10.1 Å². The first-order valence-electron chi connectivity index (χ1n) is 4.07. The van der Waals surface area contributed by atoms with Crippen molar-refractivity contribution in [3.8, 4) is 0 Å². The maximum Gasteiger partial charge on any atom is 0.419 e. The normalized spacial score (nSPS) is 11.1. The monoisotopic (exact) mass is 250 g/mol. The second-order valence-corrected chi connectivity index (χ2v) is 2.84. The van der Waals surface area contributed by atoms with Crippen molar-refractivity contribution in [1.29, 1.82) is 0 Å². The minimum atomic E-state index is -4.93. The number of carbonyl (C=O) groups is 1. The number of halogens is 3. The summed E-state index contributed by atoms with van der Waals surface area (Å²) in [7, 11) is 0.881. The van der Waals surface area contributed by atoms with Gasteiger partial charge in [-0.15, -0.1) is 0 Å². The fourth-order valence-corrected chi connectivity index (χ4v) is 1.03. The summed E-state index contributed by atoms with van der Waals surface area (Å²) in [5.41, 5.74) is -3.37. The molecular weight excluding hydrogens is 245 g/mol. The van der Waals surface area contributed by atoms with Crippen molar-refractivity contribution in [3.05, 3.63) is 33.6 Å². The predicted octanol–water partition coefficient (Wildman–Crippen LogP) is 1.80. The molecular formula is C8H5F3N2O4. The van der Waals surface area contributed by atoms with E-state index in [0.717, 1.165) is 7.11 Å². The van der Waals surface area contributed by atoms with Crippen LogP contribution in [0.25, 0.3) is 0 Å². The van der Waals surface area contributed by atoms with Crippen molar-refractivity contribution in [2.75, 3.05) is 7.11 Å². The number of pyridine rings is 1. The quantitative estimate of drug-likeness (QED) is 0.454. The maximum absolute atomic E-state index is 12.5. The zero-order valence-electron chi connectivity index (χ0n) is 8.32. The Morgan fingerprint density at radius 2 is 2.12 bits per heavy atom. The van der Waals surface area contributed by atoms with Crippen molar-refractivity contribution in [2.45, 2.75) is 6.18 Å². The van der Waals surface area contributed by atoms with Crippen molar-refractivity contribution in [2.24, 2.45) is 0 Å². The standard InChI is InChI=1S/C8H5F3N2O4/c1-17-7(14)6-5(8(9,10)11)2-4(3-12-6)13(15)16/h2-3H,1H3. The van der Waals surface area contributed by atoms with Crippen molar-refractivity contribution < 1.29 is 27.6 Å². The summed E-state index contributed by atoms with van der Waals surface area (Å²) in [4.78, 5) is 23.4. The molecule has 9 heteroatoms. The largest absolute Gasteiger partial charge is 0.464 e. The molecule has 0 N–H and O–H groups in total. The van der Waals surface area contributed by atoms with Crippen LogP contribution in [0.2, 0.25) is 0 Å². The Labute approximate surface area is 92.2 Å². The lowest BCUT2D eigenvalue weighted by molar-refractivity contribution is -0.385. The van der Waals surface area contributed by atoms with Gasteiger partial charge in [-0.25, -0.2) is 9.78 Å². The molecule has 1 aromatic rings. The van der Waals surface area contributed by atoms with E-state index >= 15 is 0 Å². The van der Waals surface area contributed by atoms with Gasteiger partial charge < -0.3 is 4.74 Å². The van der Waals surface area contributed by atoms with Gasteiger partial charge in [-0.05, 0) is 0 Å². The Balaban J connectivity index is 3.42. The number of nitro groups is 1. The molecule has 1 aromatic heterocycles. The summed E-state index contributed by atoms with van der Waals surface area (Å²) in [5, 5.41) is 10.3. The first-order valence-corrected chi connectivity index (χ1v) is 4.07. The summed E-state index contributed by atoms with van der Waals surface area (Å²) in [6.07, 6.45) is -4.37. The van der Waals surface area contributed by atoms with Gasteiger partial charge in [0.15, 0.2) is 5.69 Å². The molecule has 0 amide bonds. The van der Waals surface area contributed by atoms with Gasteiger partial charge in [0.1, 0.15) is 6.20 Å². The first kappa shape index (κ1) is 12.9. The van der Waals surface area contributed by atoms with Crippen LogP contribution >= 0.6 is 0 Å². The highest BCUT2D eigenvalue weighted by Gasteiger charge is 2.38. The van der Waals surface area contributed by atoms with Crippen molar-refractivity contribution in [1.82, 2.24) is 4.98 Å². The molecule has 0 atom stereocenters. The van der Waals surface area contributed by atoms with Crippen LogP contribution in [-0.2, 0) is 10.9 Å². The Morgan fingerprint density at radius 3 is 2.53 bits per heavy atom. The van der Waals surface area contributed by atoms with E-state index in [1.807, 2.05) is 0 Å². The first-order chi connectivity index (χ1) is 7.77. The number of ether oxygens (including phenoxy) is 1. The average molecular weight is 250 g/mol. The van der Waals surface area contributed by atoms with Gasteiger partial charge in [-0.1, -0.05) is 0 Å². The van der Waals surface area contributed by atoms with Gasteiger partial charge in [-0.3, -0.25) is 10.1 Å². The van der Waals surface area contributed by atoms with E-state index in [-0.39, 0.29) is 6.07 Å². The van der Waals surface area contributed by atoms with E-state index in [0.29, 0.717) is 6.20 Å². The summed E-state index contributed by atoms with van der Waals surface area (Å²) in [5.74, 6) is -1.31. The third-order valence-electron chi connectivity index (χ3n) is 1.77. The van der Waals surface area contributed by atoms with Crippen LogP contribution in [0.5, 0.6) is 0 Å². The van der Waals surface area contributed by atoms with Gasteiger partial charge >= 0.3 is 12.1 Å². The van der Waals surface area contributed by atoms with E-state index in [2.05, 4.69) is 9.72 Å². The lowest BCUT2D eigenvalue weighted by Gasteiger charge is -2.09. The second kappa shape index (κ2) is 4.36. The average Bonchev–Trinajstić information content (AvgIpc) is 2.26. The van der Waals surface area contributed by atoms with E-state index in [1.165, 1.54) is 0 Å². The van der Waals surface area contributed by atoms with E-state index < -0.39 is 34.0 Å². The topological polar surface area (TPSA) is 82.3 Å². The molecule has 0 saturated carbocycles. The van der Waals surface area contributed by atoms with Crippen LogP contribution in [0.4, 0.5) is 18.9 Å². The number of hydrogen-bond acceptors (Lipinski definition) is 5. The highest BCUT2D eigenvalue weighted by molar-refractivity contribution is 5.89. The van der Waals surface area contributed by atoms with Crippen LogP contribution in [-0.4, -0.2) is 23.0 Å². The fourth-order valence-electron chi connectivity index (χ4n) is 1.03. The zero-order valence-corrected chi connectivity index (χ0v) is 8.32. The number of alkyl halides is 3. The smallest absolute Gasteiger partial charge is 0.419 e. The van der Waals surface area contributed by atoms with Gasteiger partial charge in [0.2, 0.25) is 0 Å². The highest BCUT2D eigenvalue weighted by atomic mass is 19.4. The minimum Gasteiger partial charge on any atom is -0.464 e. The van der Waals surface area contributed by atoms with Crippen LogP contribution in [0.1, 0.15) is 16.1 Å². The maximum atomic E-state index is 12.5. The summed E-state index contributed by atoms with van der Waals surface area (Å²) >= 11 is 0. The van der Waals surface area contributed by atoms with E-state index in [4.69, 9.17) is 0 Å². The molecule has 1 heterocycles. The third kappa shape index (κ3) is 2.68. The number of methoxy groups -OCH3 is 1. The van der Waals surface area contributed by atoms with E-state index in [1.54, 1.807) is 0 Å². The lowest BCUT2D eigenvalue weighted by Crippen LogP contribution is -2.16. The van der Waals surface area contributed by atoms with Crippen molar-refractivity contribution in [3.63, 3.8) is 0 Å². The third-order valence-corrected chi connectivity index (χ3v) is 1.77. The van der Waals surface area contributed by atoms with Gasteiger partial charge in [0.25, 0.3) is 5.69 Å². The molecule has 0 fully saturated rings. The van der Waals surface area contributed by atoms with Crippen LogP contribution in [0.3, 0.4) is 0 Å². The molecule has 0 unspecified atom stereocenters. The molecule has 0 aliphatic rings. The molecule has 17 heavy (non-hydrogen) atoms. The van der Waals surface area contributed by atoms with Crippen molar-refractivity contribution >= 4 is 11.7 Å². The summed E-state index contributed by atoms with van der Waals surface area (Å²) in [6, 6.07) is 0.235. The molecule has 0 aliphatic carbocycles.